The summed E-state index contributed by atoms with van der Waals surface area (Å²) in [6.45, 7) is 2.74. The molecule has 7 heteroatoms. The van der Waals surface area contributed by atoms with E-state index in [1.807, 2.05) is 0 Å². The normalized spacial score (nSPS) is 20.8. The topological polar surface area (TPSA) is 94.0 Å². The summed E-state index contributed by atoms with van der Waals surface area (Å²) in [5, 5.41) is 7.06. The highest BCUT2D eigenvalue weighted by Crippen LogP contribution is 2.23. The van der Waals surface area contributed by atoms with Gasteiger partial charge in [0.05, 0.1) is 0 Å². The monoisotopic (exact) mass is 344 g/mol. The van der Waals surface area contributed by atoms with Crippen molar-refractivity contribution in [2.24, 2.45) is 11.7 Å². The molecule has 132 valence electrons. The minimum absolute atomic E-state index is 0. The Hall–Kier alpha value is -1.14. The fourth-order valence-electron chi connectivity index (χ4n) is 3.08. The number of amides is 1. The van der Waals surface area contributed by atoms with Crippen molar-refractivity contribution in [2.45, 2.75) is 70.8 Å². The number of nitrogens with zero attached hydrogens (tertiary/aromatic N) is 2. The second kappa shape index (κ2) is 10.6. The zero-order chi connectivity index (χ0) is 15.8. The van der Waals surface area contributed by atoms with Gasteiger partial charge in [-0.05, 0) is 38.1 Å². The molecule has 1 saturated carbocycles. The van der Waals surface area contributed by atoms with Crippen molar-refractivity contribution in [1.82, 2.24) is 15.5 Å². The number of nitrogens with two attached hydrogens (primary N) is 1. The highest BCUT2D eigenvalue weighted by atomic mass is 35.5. The van der Waals surface area contributed by atoms with Gasteiger partial charge in [0.2, 0.25) is 11.8 Å². The minimum atomic E-state index is 0. The summed E-state index contributed by atoms with van der Waals surface area (Å²) < 4.78 is 5.17. The van der Waals surface area contributed by atoms with E-state index in [-0.39, 0.29) is 24.4 Å². The van der Waals surface area contributed by atoms with E-state index >= 15 is 0 Å². The second-order valence-corrected chi connectivity index (χ2v) is 6.16. The highest BCUT2D eigenvalue weighted by molar-refractivity contribution is 5.85. The third kappa shape index (κ3) is 6.47. The van der Waals surface area contributed by atoms with Gasteiger partial charge in [-0.2, -0.15) is 4.98 Å². The van der Waals surface area contributed by atoms with E-state index in [4.69, 9.17) is 10.3 Å². The number of nitrogens with one attached hydrogen (secondary N) is 1. The summed E-state index contributed by atoms with van der Waals surface area (Å²) in [5.41, 5.74) is 5.79. The van der Waals surface area contributed by atoms with E-state index in [1.165, 1.54) is 12.8 Å². The number of aromatic nitrogens is 2. The summed E-state index contributed by atoms with van der Waals surface area (Å²) in [6, 6.07) is 0.255. The Bertz CT molecular complexity index is 467. The standard InChI is InChI=1S/C16H28N4O2.ClH/c1-2-6-14-19-16(22-20-14)10-5-9-15(21)18-13-8-4-3-7-12(13)11-17;/h12-13H,2-11,17H2,1H3,(H,18,21);1H. The lowest BCUT2D eigenvalue weighted by atomic mass is 9.84. The van der Waals surface area contributed by atoms with Gasteiger partial charge < -0.3 is 15.6 Å². The molecular weight excluding hydrogens is 316 g/mol. The van der Waals surface area contributed by atoms with Gasteiger partial charge in [-0.15, -0.1) is 12.4 Å². The molecule has 0 saturated heterocycles. The van der Waals surface area contributed by atoms with Crippen molar-refractivity contribution >= 4 is 18.3 Å². The van der Waals surface area contributed by atoms with Crippen molar-refractivity contribution in [3.05, 3.63) is 11.7 Å². The van der Waals surface area contributed by atoms with Gasteiger partial charge in [-0.25, -0.2) is 0 Å². The van der Waals surface area contributed by atoms with Crippen LogP contribution in [0.25, 0.3) is 0 Å². The average molecular weight is 345 g/mol. The quantitative estimate of drug-likeness (QED) is 0.755. The lowest BCUT2D eigenvalue weighted by molar-refractivity contribution is -0.122. The van der Waals surface area contributed by atoms with Gasteiger partial charge in [-0.1, -0.05) is 24.9 Å². The van der Waals surface area contributed by atoms with Crippen molar-refractivity contribution < 1.29 is 9.32 Å². The Balaban J connectivity index is 0.00000264. The first kappa shape index (κ1) is 19.9. The van der Waals surface area contributed by atoms with Gasteiger partial charge in [0.25, 0.3) is 0 Å². The predicted octanol–water partition coefficient (Wildman–Crippen LogP) is 2.40. The number of halogens is 1. The molecule has 0 bridgehead atoms. The molecule has 2 atom stereocenters. The summed E-state index contributed by atoms with van der Waals surface area (Å²) >= 11 is 0. The van der Waals surface area contributed by atoms with E-state index in [1.54, 1.807) is 0 Å². The van der Waals surface area contributed by atoms with Crippen LogP contribution in [0, 0.1) is 5.92 Å². The number of hydrogen-bond acceptors (Lipinski definition) is 5. The first-order chi connectivity index (χ1) is 10.7. The Morgan fingerprint density at radius 3 is 2.87 bits per heavy atom. The van der Waals surface area contributed by atoms with Gasteiger partial charge >= 0.3 is 0 Å². The lowest BCUT2D eigenvalue weighted by Crippen LogP contribution is -2.44. The molecule has 3 N–H and O–H groups in total. The number of carbonyl (C=O) groups is 1. The van der Waals surface area contributed by atoms with Gasteiger partial charge in [0.1, 0.15) is 0 Å². The van der Waals surface area contributed by atoms with Crippen LogP contribution in [0.1, 0.15) is 63.6 Å². The zero-order valence-electron chi connectivity index (χ0n) is 13.9. The van der Waals surface area contributed by atoms with Crippen molar-refractivity contribution in [3.8, 4) is 0 Å². The average Bonchev–Trinajstić information content (AvgIpc) is 2.96. The molecule has 1 amide bonds. The van der Waals surface area contributed by atoms with E-state index in [2.05, 4.69) is 22.4 Å². The van der Waals surface area contributed by atoms with E-state index in [0.717, 1.165) is 37.9 Å². The van der Waals surface area contributed by atoms with Crippen LogP contribution in [0.3, 0.4) is 0 Å². The molecule has 0 radical (unpaired) electrons. The summed E-state index contributed by atoms with van der Waals surface area (Å²) in [6.07, 6.45) is 8.33. The van der Waals surface area contributed by atoms with E-state index < -0.39 is 0 Å². The third-order valence-electron chi connectivity index (χ3n) is 4.34. The molecule has 1 aliphatic rings. The van der Waals surface area contributed by atoms with Crippen molar-refractivity contribution in [2.75, 3.05) is 6.54 Å². The fourth-order valence-corrected chi connectivity index (χ4v) is 3.08. The number of rotatable bonds is 8. The molecule has 23 heavy (non-hydrogen) atoms. The van der Waals surface area contributed by atoms with Crippen LogP contribution in [0.2, 0.25) is 0 Å². The molecule has 2 unspecified atom stereocenters. The Kier molecular flexibility index (Phi) is 9.17. The van der Waals surface area contributed by atoms with Gasteiger partial charge in [-0.3, -0.25) is 4.79 Å². The minimum Gasteiger partial charge on any atom is -0.353 e. The van der Waals surface area contributed by atoms with Crippen molar-refractivity contribution in [1.29, 1.82) is 0 Å². The van der Waals surface area contributed by atoms with E-state index in [9.17, 15) is 4.79 Å². The summed E-state index contributed by atoms with van der Waals surface area (Å²) in [5.74, 6) is 1.94. The molecular formula is C16H29ClN4O2. The molecule has 1 aromatic rings. The maximum atomic E-state index is 12.1. The van der Waals surface area contributed by atoms with Crippen LogP contribution in [0.15, 0.2) is 4.52 Å². The van der Waals surface area contributed by atoms with Crippen LogP contribution in [0.4, 0.5) is 0 Å². The lowest BCUT2D eigenvalue weighted by Gasteiger charge is -2.31. The smallest absolute Gasteiger partial charge is 0.226 e. The van der Waals surface area contributed by atoms with Crippen LogP contribution < -0.4 is 11.1 Å². The maximum absolute atomic E-state index is 12.1. The molecule has 0 aromatic carbocycles. The Morgan fingerprint density at radius 1 is 1.35 bits per heavy atom. The Morgan fingerprint density at radius 2 is 2.13 bits per heavy atom. The molecule has 6 nitrogen and oxygen atoms in total. The first-order valence-corrected chi connectivity index (χ1v) is 8.53. The van der Waals surface area contributed by atoms with Crippen LogP contribution in [-0.2, 0) is 17.6 Å². The largest absolute Gasteiger partial charge is 0.353 e. The van der Waals surface area contributed by atoms with E-state index in [0.29, 0.717) is 31.2 Å². The summed E-state index contributed by atoms with van der Waals surface area (Å²) in [4.78, 5) is 16.4. The molecule has 0 aliphatic heterocycles. The number of hydrogen-bond donors (Lipinski definition) is 2. The molecule has 1 aliphatic carbocycles. The van der Waals surface area contributed by atoms with Crippen LogP contribution in [0.5, 0.6) is 0 Å². The first-order valence-electron chi connectivity index (χ1n) is 8.53. The molecule has 1 aromatic heterocycles. The Labute approximate surface area is 144 Å². The van der Waals surface area contributed by atoms with Gasteiger partial charge in [0.15, 0.2) is 5.82 Å². The fraction of sp³-hybridized carbons (Fsp3) is 0.812. The molecule has 0 spiro atoms. The highest BCUT2D eigenvalue weighted by Gasteiger charge is 2.25. The maximum Gasteiger partial charge on any atom is 0.226 e. The van der Waals surface area contributed by atoms with Crippen molar-refractivity contribution in [3.63, 3.8) is 0 Å². The summed E-state index contributed by atoms with van der Waals surface area (Å²) in [7, 11) is 0. The molecule has 2 rings (SSSR count). The SMILES string of the molecule is CCCc1noc(CCCC(=O)NC2CCCCC2CN)n1.Cl. The van der Waals surface area contributed by atoms with Crippen LogP contribution >= 0.6 is 12.4 Å². The molecule has 1 fully saturated rings. The number of carbonyl (C=O) groups excluding carboxylic acids is 1. The number of aryl methyl sites for hydroxylation is 2. The van der Waals surface area contributed by atoms with Crippen LogP contribution in [-0.4, -0.2) is 28.6 Å². The predicted molar refractivity (Wildman–Crippen MR) is 91.4 cm³/mol. The van der Waals surface area contributed by atoms with Gasteiger partial charge in [0, 0.05) is 25.3 Å². The second-order valence-electron chi connectivity index (χ2n) is 6.16. The third-order valence-corrected chi connectivity index (χ3v) is 4.34. The zero-order valence-corrected chi connectivity index (χ0v) is 14.7. The molecule has 1 heterocycles.